The second kappa shape index (κ2) is 8.09. The maximum absolute atomic E-state index is 10.8. The van der Waals surface area contributed by atoms with Crippen LogP contribution in [0.25, 0.3) is 0 Å². The number of hydrogen-bond donors (Lipinski definition) is 1. The molecule has 0 unspecified atom stereocenters. The van der Waals surface area contributed by atoms with Gasteiger partial charge in [0.15, 0.2) is 14.1 Å². The Labute approximate surface area is 171 Å². The molecule has 1 saturated heterocycles. The molecular formula is C21H39NO5Si. The number of carbonyl (C=O) groups excluding carboxylic acids is 1. The van der Waals surface area contributed by atoms with Crippen LogP contribution in [0.15, 0.2) is 12.2 Å². The molecule has 2 atom stereocenters. The van der Waals surface area contributed by atoms with Crippen molar-refractivity contribution in [2.75, 3.05) is 26.4 Å². The fraction of sp³-hybridized carbons (Fsp3) is 0.857. The summed E-state index contributed by atoms with van der Waals surface area (Å²) >= 11 is 0. The lowest BCUT2D eigenvalue weighted by atomic mass is 9.64. The molecule has 2 fully saturated rings. The SMILES string of the molecule is CC(C)(C)[Si](C)(C)OCC[C@]1(C)C2(CC[C@]1(C)/C=C/COC(N)=O)OCCO2. The molecule has 2 N–H and O–H groups in total. The second-order valence-electron chi connectivity index (χ2n) is 10.1. The van der Waals surface area contributed by atoms with Crippen molar-refractivity contribution >= 4 is 14.4 Å². The monoisotopic (exact) mass is 413 g/mol. The summed E-state index contributed by atoms with van der Waals surface area (Å²) in [6.07, 6.45) is 5.90. The molecule has 1 amide bonds. The highest BCUT2D eigenvalue weighted by Crippen LogP contribution is 2.63. The molecule has 0 radical (unpaired) electrons. The Balaban J connectivity index is 2.18. The van der Waals surface area contributed by atoms with E-state index in [1.807, 2.05) is 6.08 Å². The lowest BCUT2D eigenvalue weighted by Gasteiger charge is -2.48. The first-order chi connectivity index (χ1) is 12.8. The number of nitrogens with two attached hydrogens (primary N) is 1. The molecule has 0 aromatic carbocycles. The third-order valence-electron chi connectivity index (χ3n) is 7.51. The van der Waals surface area contributed by atoms with Crippen LogP contribution < -0.4 is 5.73 Å². The molecule has 7 heteroatoms. The van der Waals surface area contributed by atoms with Gasteiger partial charge < -0.3 is 24.4 Å². The molecule has 2 aliphatic rings. The minimum absolute atomic E-state index is 0.158. The zero-order valence-corrected chi connectivity index (χ0v) is 19.7. The van der Waals surface area contributed by atoms with Crippen LogP contribution >= 0.6 is 0 Å². The average Bonchev–Trinajstić information content (AvgIpc) is 3.12. The highest BCUT2D eigenvalue weighted by Gasteiger charge is 2.65. The Morgan fingerprint density at radius 1 is 1.18 bits per heavy atom. The molecule has 1 saturated carbocycles. The third-order valence-corrected chi connectivity index (χ3v) is 12.0. The summed E-state index contributed by atoms with van der Waals surface area (Å²) in [5.41, 5.74) is 4.66. The molecule has 1 spiro atoms. The van der Waals surface area contributed by atoms with Crippen LogP contribution in [0.3, 0.4) is 0 Å². The van der Waals surface area contributed by atoms with Crippen LogP contribution in [0.1, 0.15) is 53.9 Å². The highest BCUT2D eigenvalue weighted by atomic mass is 28.4. The van der Waals surface area contributed by atoms with Crippen molar-refractivity contribution in [1.82, 2.24) is 0 Å². The largest absolute Gasteiger partial charge is 0.445 e. The van der Waals surface area contributed by atoms with Crippen LogP contribution in [-0.4, -0.2) is 46.6 Å². The number of allylic oxidation sites excluding steroid dienone is 1. The van der Waals surface area contributed by atoms with E-state index in [2.05, 4.69) is 53.8 Å². The molecule has 162 valence electrons. The Bertz CT molecular complexity index is 594. The summed E-state index contributed by atoms with van der Waals surface area (Å²) < 4.78 is 23.8. The topological polar surface area (TPSA) is 80.0 Å². The zero-order valence-electron chi connectivity index (χ0n) is 18.7. The summed E-state index contributed by atoms with van der Waals surface area (Å²) in [5, 5.41) is 0.178. The number of amides is 1. The average molecular weight is 414 g/mol. The molecular weight excluding hydrogens is 374 g/mol. The predicted molar refractivity (Wildman–Crippen MR) is 113 cm³/mol. The number of ether oxygens (including phenoxy) is 3. The Kier molecular flexibility index (Phi) is 6.76. The van der Waals surface area contributed by atoms with Gasteiger partial charge in [-0.05, 0) is 36.4 Å². The minimum atomic E-state index is -1.82. The lowest BCUT2D eigenvalue weighted by Crippen LogP contribution is -2.51. The van der Waals surface area contributed by atoms with E-state index in [9.17, 15) is 4.79 Å². The van der Waals surface area contributed by atoms with Gasteiger partial charge in [0.05, 0.1) is 13.2 Å². The zero-order chi connectivity index (χ0) is 21.3. The van der Waals surface area contributed by atoms with E-state index >= 15 is 0 Å². The summed E-state index contributed by atoms with van der Waals surface area (Å²) in [6.45, 7) is 17.9. The van der Waals surface area contributed by atoms with E-state index in [1.165, 1.54) is 0 Å². The van der Waals surface area contributed by atoms with Gasteiger partial charge in [-0.1, -0.05) is 46.8 Å². The van der Waals surface area contributed by atoms with Gasteiger partial charge in [0, 0.05) is 18.4 Å². The van der Waals surface area contributed by atoms with Crippen LogP contribution in [0.4, 0.5) is 4.79 Å². The van der Waals surface area contributed by atoms with Gasteiger partial charge in [-0.2, -0.15) is 0 Å². The Hall–Kier alpha value is -0.893. The van der Waals surface area contributed by atoms with Crippen molar-refractivity contribution in [3.05, 3.63) is 12.2 Å². The normalized spacial score (nSPS) is 30.4. The van der Waals surface area contributed by atoms with Crippen molar-refractivity contribution < 1.29 is 23.4 Å². The second-order valence-corrected chi connectivity index (χ2v) is 14.9. The number of primary amides is 1. The van der Waals surface area contributed by atoms with E-state index in [0.717, 1.165) is 19.3 Å². The van der Waals surface area contributed by atoms with Gasteiger partial charge in [-0.3, -0.25) is 0 Å². The van der Waals surface area contributed by atoms with Crippen molar-refractivity contribution in [2.45, 2.75) is 77.8 Å². The van der Waals surface area contributed by atoms with Crippen molar-refractivity contribution in [3.8, 4) is 0 Å². The maximum atomic E-state index is 10.8. The Morgan fingerprint density at radius 2 is 1.79 bits per heavy atom. The molecule has 2 rings (SSSR count). The molecule has 0 bridgehead atoms. The van der Waals surface area contributed by atoms with Crippen molar-refractivity contribution in [3.63, 3.8) is 0 Å². The van der Waals surface area contributed by atoms with E-state index in [4.69, 9.17) is 24.4 Å². The molecule has 1 aliphatic heterocycles. The van der Waals surface area contributed by atoms with Crippen molar-refractivity contribution in [2.24, 2.45) is 16.6 Å². The van der Waals surface area contributed by atoms with Crippen LogP contribution in [0.5, 0.6) is 0 Å². The van der Waals surface area contributed by atoms with E-state index < -0.39 is 20.2 Å². The van der Waals surface area contributed by atoms with Gasteiger partial charge in [0.25, 0.3) is 0 Å². The molecule has 0 aromatic heterocycles. The minimum Gasteiger partial charge on any atom is -0.445 e. The van der Waals surface area contributed by atoms with Crippen LogP contribution in [0.2, 0.25) is 18.1 Å². The lowest BCUT2D eigenvalue weighted by molar-refractivity contribution is -0.234. The van der Waals surface area contributed by atoms with Gasteiger partial charge in [0.1, 0.15) is 6.61 Å². The molecule has 1 aliphatic carbocycles. The first-order valence-electron chi connectivity index (χ1n) is 10.3. The molecule has 1 heterocycles. The van der Waals surface area contributed by atoms with Gasteiger partial charge in [-0.25, -0.2) is 4.79 Å². The van der Waals surface area contributed by atoms with E-state index in [-0.39, 0.29) is 22.5 Å². The Morgan fingerprint density at radius 3 is 2.32 bits per heavy atom. The number of carbonyl (C=O) groups is 1. The summed E-state index contributed by atoms with van der Waals surface area (Å²) in [5.74, 6) is -0.576. The highest BCUT2D eigenvalue weighted by molar-refractivity contribution is 6.74. The molecule has 0 aromatic rings. The fourth-order valence-electron chi connectivity index (χ4n) is 4.24. The van der Waals surface area contributed by atoms with Gasteiger partial charge in [-0.15, -0.1) is 0 Å². The first-order valence-corrected chi connectivity index (χ1v) is 13.2. The maximum Gasteiger partial charge on any atom is 0.404 e. The van der Waals surface area contributed by atoms with E-state index in [1.54, 1.807) is 0 Å². The third kappa shape index (κ3) is 4.32. The van der Waals surface area contributed by atoms with Gasteiger partial charge >= 0.3 is 6.09 Å². The molecule has 28 heavy (non-hydrogen) atoms. The summed E-state index contributed by atoms with van der Waals surface area (Å²) in [4.78, 5) is 10.8. The van der Waals surface area contributed by atoms with Crippen LogP contribution in [0, 0.1) is 10.8 Å². The quantitative estimate of drug-likeness (QED) is 0.487. The fourth-order valence-corrected chi connectivity index (χ4v) is 5.28. The smallest absolute Gasteiger partial charge is 0.404 e. The standard InChI is InChI=1S/C21H39NO5Si/c1-18(2,3)28(6,7)27-14-12-20(5)19(4,9-8-13-24-17(22)23)10-11-21(20)25-15-16-26-21/h8-9H,10-16H2,1-7H3,(H2,22,23)/b9-8+/t19-,20-/m0/s1. The summed E-state index contributed by atoms with van der Waals surface area (Å²) in [6, 6.07) is 0. The first kappa shape index (κ1) is 23.4. The number of rotatable bonds is 7. The van der Waals surface area contributed by atoms with Crippen LogP contribution in [-0.2, 0) is 18.6 Å². The van der Waals surface area contributed by atoms with Crippen molar-refractivity contribution in [1.29, 1.82) is 0 Å². The molecule has 6 nitrogen and oxygen atoms in total. The van der Waals surface area contributed by atoms with Gasteiger partial charge in [0.2, 0.25) is 0 Å². The summed E-state index contributed by atoms with van der Waals surface area (Å²) in [7, 11) is -1.82. The number of hydrogen-bond acceptors (Lipinski definition) is 5. The predicted octanol–water partition coefficient (Wildman–Crippen LogP) is 4.60. The van der Waals surface area contributed by atoms with E-state index in [0.29, 0.717) is 19.8 Å².